The number of nitrogens with zero attached hydrogens (tertiary/aromatic N) is 2. The van der Waals surface area contributed by atoms with Crippen molar-refractivity contribution in [3.8, 4) is 0 Å². The lowest BCUT2D eigenvalue weighted by Crippen LogP contribution is -2.31. The van der Waals surface area contributed by atoms with Gasteiger partial charge in [0, 0.05) is 19.3 Å². The van der Waals surface area contributed by atoms with E-state index in [4.69, 9.17) is 10.5 Å². The topological polar surface area (TPSA) is 68.5 Å². The number of carbonyl (C=O) groups is 1. The van der Waals surface area contributed by atoms with Crippen molar-refractivity contribution in [3.05, 3.63) is 65.0 Å². The van der Waals surface area contributed by atoms with Crippen molar-refractivity contribution in [2.45, 2.75) is 32.8 Å². The molecule has 5 nitrogen and oxygen atoms in total. The second kappa shape index (κ2) is 8.66. The van der Waals surface area contributed by atoms with E-state index in [2.05, 4.69) is 4.98 Å². The molecule has 0 aliphatic heterocycles. The Morgan fingerprint density at radius 2 is 1.96 bits per heavy atom. The van der Waals surface area contributed by atoms with Gasteiger partial charge in [0.05, 0.1) is 17.8 Å². The average Bonchev–Trinajstić information content (AvgIpc) is 2.64. The SMILES string of the molecule is CCN(Cc1cc(C(F)(F)F)cnc1CN)C(=O)OCc1ccccc1. The number of nitrogens with two attached hydrogens (primary N) is 1. The van der Waals surface area contributed by atoms with Crippen LogP contribution in [0.25, 0.3) is 0 Å². The fraction of sp³-hybridized carbons (Fsp3) is 0.333. The van der Waals surface area contributed by atoms with Crippen LogP contribution in [0.2, 0.25) is 0 Å². The molecule has 0 fully saturated rings. The molecule has 140 valence electrons. The molecule has 2 aromatic rings. The molecule has 0 saturated heterocycles. The van der Waals surface area contributed by atoms with Gasteiger partial charge in [0.2, 0.25) is 0 Å². The third-order valence-electron chi connectivity index (χ3n) is 3.79. The first-order chi connectivity index (χ1) is 12.3. The molecule has 0 atom stereocenters. The zero-order valence-corrected chi connectivity index (χ0v) is 14.3. The second-order valence-corrected chi connectivity index (χ2v) is 5.59. The molecule has 1 aromatic carbocycles. The Morgan fingerprint density at radius 3 is 2.54 bits per heavy atom. The highest BCUT2D eigenvalue weighted by Gasteiger charge is 2.32. The average molecular weight is 367 g/mol. The number of rotatable bonds is 6. The van der Waals surface area contributed by atoms with E-state index in [0.29, 0.717) is 5.69 Å². The number of aromatic nitrogens is 1. The summed E-state index contributed by atoms with van der Waals surface area (Å²) < 4.78 is 44.0. The van der Waals surface area contributed by atoms with Crippen LogP contribution < -0.4 is 5.73 Å². The first-order valence-corrected chi connectivity index (χ1v) is 8.05. The normalized spacial score (nSPS) is 11.3. The Kier molecular flexibility index (Phi) is 6.57. The van der Waals surface area contributed by atoms with Gasteiger partial charge in [0.1, 0.15) is 6.61 Å². The van der Waals surface area contributed by atoms with Gasteiger partial charge in [-0.1, -0.05) is 30.3 Å². The quantitative estimate of drug-likeness (QED) is 0.845. The van der Waals surface area contributed by atoms with Gasteiger partial charge >= 0.3 is 12.3 Å². The number of hydrogen-bond acceptors (Lipinski definition) is 4. The molecule has 0 unspecified atom stereocenters. The van der Waals surface area contributed by atoms with E-state index >= 15 is 0 Å². The van der Waals surface area contributed by atoms with E-state index in [9.17, 15) is 18.0 Å². The molecule has 1 amide bonds. The molecule has 1 heterocycles. The molecular formula is C18H20F3N3O2. The Bertz CT molecular complexity index is 736. The van der Waals surface area contributed by atoms with Crippen LogP contribution in [0, 0.1) is 0 Å². The fourth-order valence-electron chi connectivity index (χ4n) is 2.34. The maximum Gasteiger partial charge on any atom is 0.417 e. The van der Waals surface area contributed by atoms with Gasteiger partial charge in [-0.05, 0) is 24.1 Å². The number of amides is 1. The molecule has 8 heteroatoms. The fourth-order valence-corrected chi connectivity index (χ4v) is 2.34. The van der Waals surface area contributed by atoms with E-state index in [1.807, 2.05) is 30.3 Å². The summed E-state index contributed by atoms with van der Waals surface area (Å²) in [5.74, 6) is 0. The summed E-state index contributed by atoms with van der Waals surface area (Å²) in [6.45, 7) is 1.99. The first-order valence-electron chi connectivity index (χ1n) is 8.05. The lowest BCUT2D eigenvalue weighted by Gasteiger charge is -2.22. The number of ether oxygens (including phenoxy) is 1. The van der Waals surface area contributed by atoms with Crippen molar-refractivity contribution in [2.75, 3.05) is 6.54 Å². The molecule has 26 heavy (non-hydrogen) atoms. The molecule has 0 aliphatic carbocycles. The summed E-state index contributed by atoms with van der Waals surface area (Å²) in [6, 6.07) is 10.1. The van der Waals surface area contributed by atoms with Crippen molar-refractivity contribution in [1.82, 2.24) is 9.88 Å². The molecule has 0 aliphatic rings. The predicted octanol–water partition coefficient (Wildman–Crippen LogP) is 3.72. The summed E-state index contributed by atoms with van der Waals surface area (Å²) in [5, 5.41) is 0. The van der Waals surface area contributed by atoms with Crippen LogP contribution in [0.1, 0.15) is 29.3 Å². The summed E-state index contributed by atoms with van der Waals surface area (Å²) in [7, 11) is 0. The van der Waals surface area contributed by atoms with E-state index in [1.54, 1.807) is 6.92 Å². The predicted molar refractivity (Wildman–Crippen MR) is 89.8 cm³/mol. The minimum absolute atomic E-state index is 0.0237. The summed E-state index contributed by atoms with van der Waals surface area (Å²) in [6.07, 6.45) is -4.38. The Labute approximate surface area is 149 Å². The number of carbonyl (C=O) groups excluding carboxylic acids is 1. The van der Waals surface area contributed by atoms with Gasteiger partial charge in [0.25, 0.3) is 0 Å². The maximum absolute atomic E-state index is 12.9. The van der Waals surface area contributed by atoms with Crippen molar-refractivity contribution in [3.63, 3.8) is 0 Å². The van der Waals surface area contributed by atoms with Crippen LogP contribution >= 0.6 is 0 Å². The van der Waals surface area contributed by atoms with Crippen LogP contribution in [0.3, 0.4) is 0 Å². The standard InChI is InChI=1S/C18H20F3N3O2/c1-2-24(17(25)26-12-13-6-4-3-5-7-13)11-14-8-15(18(19,20)21)10-23-16(14)9-22/h3-8,10H,2,9,11-12,22H2,1H3. The maximum atomic E-state index is 12.9. The number of halogens is 3. The molecule has 1 aromatic heterocycles. The molecule has 2 rings (SSSR count). The highest BCUT2D eigenvalue weighted by molar-refractivity contribution is 5.67. The highest BCUT2D eigenvalue weighted by Crippen LogP contribution is 2.30. The smallest absolute Gasteiger partial charge is 0.417 e. The summed E-state index contributed by atoms with van der Waals surface area (Å²) in [4.78, 5) is 17.3. The molecule has 0 spiro atoms. The van der Waals surface area contributed by atoms with Crippen molar-refractivity contribution in [1.29, 1.82) is 0 Å². The number of alkyl halides is 3. The van der Waals surface area contributed by atoms with Crippen LogP contribution in [-0.4, -0.2) is 22.5 Å². The van der Waals surface area contributed by atoms with E-state index in [1.165, 1.54) is 4.90 Å². The molecule has 0 saturated carbocycles. The van der Waals surface area contributed by atoms with Crippen molar-refractivity contribution < 1.29 is 22.7 Å². The van der Waals surface area contributed by atoms with Gasteiger partial charge in [-0.15, -0.1) is 0 Å². The minimum Gasteiger partial charge on any atom is -0.445 e. The largest absolute Gasteiger partial charge is 0.445 e. The lowest BCUT2D eigenvalue weighted by molar-refractivity contribution is -0.137. The number of benzene rings is 1. The zero-order chi connectivity index (χ0) is 19.2. The Balaban J connectivity index is 2.11. The molecule has 0 radical (unpaired) electrons. The van der Waals surface area contributed by atoms with Crippen LogP contribution in [0.4, 0.5) is 18.0 Å². The molecular weight excluding hydrogens is 347 g/mol. The zero-order valence-electron chi connectivity index (χ0n) is 14.3. The van der Waals surface area contributed by atoms with Gasteiger partial charge in [-0.25, -0.2) is 4.79 Å². The monoisotopic (exact) mass is 367 g/mol. The second-order valence-electron chi connectivity index (χ2n) is 5.59. The van der Waals surface area contributed by atoms with E-state index in [-0.39, 0.29) is 31.8 Å². The van der Waals surface area contributed by atoms with Crippen LogP contribution in [-0.2, 0) is 30.6 Å². The van der Waals surface area contributed by atoms with Crippen molar-refractivity contribution >= 4 is 6.09 Å². The third-order valence-corrected chi connectivity index (χ3v) is 3.79. The summed E-state index contributed by atoms with van der Waals surface area (Å²) >= 11 is 0. The van der Waals surface area contributed by atoms with Crippen LogP contribution in [0.15, 0.2) is 42.6 Å². The summed E-state index contributed by atoms with van der Waals surface area (Å²) in [5.41, 5.74) is 6.07. The van der Waals surface area contributed by atoms with E-state index < -0.39 is 17.8 Å². The van der Waals surface area contributed by atoms with Crippen LogP contribution in [0.5, 0.6) is 0 Å². The Morgan fingerprint density at radius 1 is 1.27 bits per heavy atom. The van der Waals surface area contributed by atoms with Crippen molar-refractivity contribution in [2.24, 2.45) is 5.73 Å². The van der Waals surface area contributed by atoms with Gasteiger partial charge in [0.15, 0.2) is 0 Å². The van der Waals surface area contributed by atoms with Gasteiger partial charge in [-0.2, -0.15) is 13.2 Å². The molecule has 2 N–H and O–H groups in total. The third kappa shape index (κ3) is 5.19. The first kappa shape index (κ1) is 19.7. The van der Waals surface area contributed by atoms with Gasteiger partial charge in [-0.3, -0.25) is 4.98 Å². The minimum atomic E-state index is -4.51. The lowest BCUT2D eigenvalue weighted by atomic mass is 10.1. The Hall–Kier alpha value is -2.61. The number of pyridine rings is 1. The van der Waals surface area contributed by atoms with Gasteiger partial charge < -0.3 is 15.4 Å². The van der Waals surface area contributed by atoms with E-state index in [0.717, 1.165) is 17.8 Å². The highest BCUT2D eigenvalue weighted by atomic mass is 19.4. The molecule has 0 bridgehead atoms. The number of hydrogen-bond donors (Lipinski definition) is 1.